The number of aromatic amines is 1. The van der Waals surface area contributed by atoms with Gasteiger partial charge in [-0.15, -0.1) is 0 Å². The van der Waals surface area contributed by atoms with Gasteiger partial charge in [-0.05, 0) is 36.7 Å². The fourth-order valence-corrected chi connectivity index (χ4v) is 2.11. The summed E-state index contributed by atoms with van der Waals surface area (Å²) >= 11 is 0. The minimum absolute atomic E-state index is 0.617. The molecule has 0 saturated heterocycles. The van der Waals surface area contributed by atoms with E-state index in [1.54, 1.807) is 13.4 Å². The molecule has 0 aliphatic heterocycles. The minimum Gasteiger partial charge on any atom is -0.496 e. The predicted octanol–water partition coefficient (Wildman–Crippen LogP) is 2.15. The molecule has 1 aromatic heterocycles. The number of nitrogens with zero attached hydrogens (tertiary/aromatic N) is 1. The van der Waals surface area contributed by atoms with Gasteiger partial charge in [0.25, 0.3) is 0 Å². The van der Waals surface area contributed by atoms with Gasteiger partial charge in [0, 0.05) is 17.7 Å². The lowest BCUT2D eigenvalue weighted by molar-refractivity contribution is 0.410. The summed E-state index contributed by atoms with van der Waals surface area (Å²) in [6, 6.07) is 6.16. The highest BCUT2D eigenvalue weighted by atomic mass is 16.5. The number of benzene rings is 1. The van der Waals surface area contributed by atoms with Crippen LogP contribution in [0.1, 0.15) is 18.2 Å². The molecule has 0 radical (unpaired) electrons. The van der Waals surface area contributed by atoms with Gasteiger partial charge in [-0.1, -0.05) is 6.92 Å². The van der Waals surface area contributed by atoms with Crippen molar-refractivity contribution >= 4 is 0 Å². The van der Waals surface area contributed by atoms with Crippen LogP contribution >= 0.6 is 0 Å². The Morgan fingerprint density at radius 3 is 2.89 bits per heavy atom. The normalized spacial score (nSPS) is 10.6. The Bertz CT molecular complexity index is 520. The van der Waals surface area contributed by atoms with Crippen LogP contribution in [0.5, 0.6) is 5.75 Å². The SMILES string of the molecule is CCc1cc(-c2nc[nH]c2CCN)ccc1OC. The van der Waals surface area contributed by atoms with E-state index in [4.69, 9.17) is 10.5 Å². The average molecular weight is 245 g/mol. The summed E-state index contributed by atoms with van der Waals surface area (Å²) in [5.41, 5.74) is 9.97. The lowest BCUT2D eigenvalue weighted by Gasteiger charge is -2.09. The van der Waals surface area contributed by atoms with Crippen LogP contribution in [0.15, 0.2) is 24.5 Å². The molecule has 2 rings (SSSR count). The Hall–Kier alpha value is -1.81. The molecule has 0 bridgehead atoms. The highest BCUT2D eigenvalue weighted by Gasteiger charge is 2.10. The molecule has 18 heavy (non-hydrogen) atoms. The summed E-state index contributed by atoms with van der Waals surface area (Å²) in [7, 11) is 1.70. The number of H-pyrrole nitrogens is 1. The van der Waals surface area contributed by atoms with Gasteiger partial charge in [-0.2, -0.15) is 0 Å². The summed E-state index contributed by atoms with van der Waals surface area (Å²) in [5, 5.41) is 0. The Labute approximate surface area is 107 Å². The second kappa shape index (κ2) is 5.69. The van der Waals surface area contributed by atoms with E-state index in [9.17, 15) is 0 Å². The molecule has 0 saturated carbocycles. The lowest BCUT2D eigenvalue weighted by atomic mass is 10.0. The molecule has 4 nitrogen and oxygen atoms in total. The molecule has 0 aliphatic carbocycles. The number of imidazole rings is 1. The smallest absolute Gasteiger partial charge is 0.122 e. The maximum atomic E-state index is 5.60. The van der Waals surface area contributed by atoms with Gasteiger partial charge in [0.05, 0.1) is 19.1 Å². The number of aromatic nitrogens is 2. The van der Waals surface area contributed by atoms with Crippen molar-refractivity contribution in [3.8, 4) is 17.0 Å². The number of hydrogen-bond acceptors (Lipinski definition) is 3. The zero-order valence-electron chi connectivity index (χ0n) is 10.9. The van der Waals surface area contributed by atoms with Crippen molar-refractivity contribution in [3.05, 3.63) is 35.8 Å². The third-order valence-corrected chi connectivity index (χ3v) is 3.05. The molecule has 0 fully saturated rings. The van der Waals surface area contributed by atoms with Crippen LogP contribution in [0, 0.1) is 0 Å². The Kier molecular flexibility index (Phi) is 3.99. The van der Waals surface area contributed by atoms with E-state index in [-0.39, 0.29) is 0 Å². The molecule has 0 aliphatic rings. The summed E-state index contributed by atoms with van der Waals surface area (Å²) in [4.78, 5) is 7.53. The van der Waals surface area contributed by atoms with E-state index in [1.807, 2.05) is 12.1 Å². The van der Waals surface area contributed by atoms with Crippen LogP contribution in [-0.4, -0.2) is 23.6 Å². The first-order chi connectivity index (χ1) is 8.80. The van der Waals surface area contributed by atoms with Gasteiger partial charge in [-0.3, -0.25) is 0 Å². The number of rotatable bonds is 5. The fraction of sp³-hybridized carbons (Fsp3) is 0.357. The third-order valence-electron chi connectivity index (χ3n) is 3.05. The standard InChI is InChI=1S/C14H19N3O/c1-3-10-8-11(4-5-13(10)18-2)14-12(6-7-15)16-9-17-14/h4-5,8-9H,3,6-7,15H2,1-2H3,(H,16,17). The number of nitrogens with one attached hydrogen (secondary N) is 1. The van der Waals surface area contributed by atoms with Crippen molar-refractivity contribution in [3.63, 3.8) is 0 Å². The van der Waals surface area contributed by atoms with E-state index in [1.165, 1.54) is 5.56 Å². The molecule has 2 aromatic rings. The van der Waals surface area contributed by atoms with Gasteiger partial charge in [0.15, 0.2) is 0 Å². The summed E-state index contributed by atoms with van der Waals surface area (Å²) in [6.45, 7) is 2.74. The van der Waals surface area contributed by atoms with Crippen molar-refractivity contribution in [1.82, 2.24) is 9.97 Å². The molecule has 0 spiro atoms. The highest BCUT2D eigenvalue weighted by molar-refractivity contribution is 5.64. The first kappa shape index (κ1) is 12.6. The number of hydrogen-bond donors (Lipinski definition) is 2. The van der Waals surface area contributed by atoms with Crippen molar-refractivity contribution in [2.24, 2.45) is 5.73 Å². The monoisotopic (exact) mass is 245 g/mol. The largest absolute Gasteiger partial charge is 0.496 e. The van der Waals surface area contributed by atoms with E-state index in [2.05, 4.69) is 23.0 Å². The fourth-order valence-electron chi connectivity index (χ4n) is 2.11. The number of nitrogens with two attached hydrogens (primary N) is 1. The summed E-state index contributed by atoms with van der Waals surface area (Å²) < 4.78 is 5.34. The van der Waals surface area contributed by atoms with Crippen LogP contribution in [0.25, 0.3) is 11.3 Å². The molecule has 96 valence electrons. The zero-order valence-corrected chi connectivity index (χ0v) is 10.9. The molecular formula is C14H19N3O. The van der Waals surface area contributed by atoms with Gasteiger partial charge in [-0.25, -0.2) is 4.98 Å². The van der Waals surface area contributed by atoms with Crippen LogP contribution in [0.4, 0.5) is 0 Å². The van der Waals surface area contributed by atoms with Crippen molar-refractivity contribution in [2.75, 3.05) is 13.7 Å². The molecule has 1 heterocycles. The van der Waals surface area contributed by atoms with Gasteiger partial charge >= 0.3 is 0 Å². The zero-order chi connectivity index (χ0) is 13.0. The number of aryl methyl sites for hydroxylation is 1. The minimum atomic E-state index is 0.617. The van der Waals surface area contributed by atoms with E-state index < -0.39 is 0 Å². The Morgan fingerprint density at radius 2 is 2.22 bits per heavy atom. The van der Waals surface area contributed by atoms with E-state index >= 15 is 0 Å². The van der Waals surface area contributed by atoms with Gasteiger partial charge in [0.2, 0.25) is 0 Å². The molecule has 4 heteroatoms. The first-order valence-corrected chi connectivity index (χ1v) is 6.19. The van der Waals surface area contributed by atoms with Crippen molar-refractivity contribution in [2.45, 2.75) is 19.8 Å². The van der Waals surface area contributed by atoms with Gasteiger partial charge in [0.1, 0.15) is 5.75 Å². The average Bonchev–Trinajstić information content (AvgIpc) is 2.86. The predicted molar refractivity (Wildman–Crippen MR) is 72.7 cm³/mol. The summed E-state index contributed by atoms with van der Waals surface area (Å²) in [5.74, 6) is 0.928. The topological polar surface area (TPSA) is 63.9 Å². The van der Waals surface area contributed by atoms with Crippen molar-refractivity contribution < 1.29 is 4.74 Å². The van der Waals surface area contributed by atoms with Crippen LogP contribution < -0.4 is 10.5 Å². The van der Waals surface area contributed by atoms with Crippen LogP contribution in [-0.2, 0) is 12.8 Å². The maximum Gasteiger partial charge on any atom is 0.122 e. The Morgan fingerprint density at radius 1 is 1.39 bits per heavy atom. The first-order valence-electron chi connectivity index (χ1n) is 6.19. The summed E-state index contributed by atoms with van der Waals surface area (Å²) in [6.07, 6.45) is 3.46. The van der Waals surface area contributed by atoms with E-state index in [0.29, 0.717) is 6.54 Å². The molecular weight excluding hydrogens is 226 g/mol. The van der Waals surface area contributed by atoms with Crippen LogP contribution in [0.2, 0.25) is 0 Å². The maximum absolute atomic E-state index is 5.60. The second-order valence-corrected chi connectivity index (χ2v) is 4.15. The lowest BCUT2D eigenvalue weighted by Crippen LogP contribution is -2.04. The highest BCUT2D eigenvalue weighted by Crippen LogP contribution is 2.27. The quantitative estimate of drug-likeness (QED) is 0.848. The number of ether oxygens (including phenoxy) is 1. The molecule has 3 N–H and O–H groups in total. The Balaban J connectivity index is 2.41. The third kappa shape index (κ3) is 2.38. The molecule has 0 amide bonds. The number of methoxy groups -OCH3 is 1. The molecule has 0 unspecified atom stereocenters. The molecule has 1 aromatic carbocycles. The van der Waals surface area contributed by atoms with Crippen LogP contribution in [0.3, 0.4) is 0 Å². The molecule has 0 atom stereocenters. The van der Waals surface area contributed by atoms with Gasteiger partial charge < -0.3 is 15.5 Å². The second-order valence-electron chi connectivity index (χ2n) is 4.15. The van der Waals surface area contributed by atoms with Crippen molar-refractivity contribution in [1.29, 1.82) is 0 Å². The van der Waals surface area contributed by atoms with E-state index in [0.717, 1.165) is 35.5 Å².